The summed E-state index contributed by atoms with van der Waals surface area (Å²) in [4.78, 5) is 14.9. The lowest BCUT2D eigenvalue weighted by Gasteiger charge is -2.40. The maximum absolute atomic E-state index is 7.29. The van der Waals surface area contributed by atoms with Gasteiger partial charge >= 0.3 is 0 Å². The molecule has 10 aromatic rings. The molecule has 0 fully saturated rings. The Hall–Kier alpha value is -7.95. The second-order valence-corrected chi connectivity index (χ2v) is 15.5. The Balaban J connectivity index is 1.02. The predicted molar refractivity (Wildman–Crippen MR) is 242 cm³/mol. The molecular weight excluding hydrogens is 731 g/mol. The van der Waals surface area contributed by atoms with Crippen LogP contribution in [0.25, 0.3) is 78.3 Å². The topological polar surface area (TPSA) is 47.9 Å². The van der Waals surface area contributed by atoms with Crippen molar-refractivity contribution in [2.24, 2.45) is 0 Å². The molecule has 0 radical (unpaired) electrons. The second kappa shape index (κ2) is 13.6. The van der Waals surface area contributed by atoms with E-state index >= 15 is 0 Å². The molecule has 2 aliphatic rings. The number of para-hydroxylation sites is 1. The molecule has 0 unspecified atom stereocenters. The van der Waals surface area contributed by atoms with E-state index in [4.69, 9.17) is 19.7 Å². The molecule has 0 atom stereocenters. The number of rotatable bonds is 5. The molecule has 0 bridgehead atoms. The Morgan fingerprint density at radius 2 is 0.750 bits per heavy atom. The highest BCUT2D eigenvalue weighted by Gasteiger charge is 2.51. The van der Waals surface area contributed by atoms with E-state index in [1.165, 1.54) is 22.3 Å². The second-order valence-electron chi connectivity index (χ2n) is 15.5. The van der Waals surface area contributed by atoms with Crippen LogP contribution in [0.3, 0.4) is 0 Å². The van der Waals surface area contributed by atoms with Crippen LogP contribution < -0.4 is 4.74 Å². The molecule has 1 aliphatic heterocycles. The van der Waals surface area contributed by atoms with Gasteiger partial charge in [0, 0.05) is 38.8 Å². The van der Waals surface area contributed by atoms with Gasteiger partial charge in [0.2, 0.25) is 0 Å². The number of benzene rings is 9. The Morgan fingerprint density at radius 3 is 1.42 bits per heavy atom. The van der Waals surface area contributed by atoms with E-state index in [0.29, 0.717) is 17.5 Å². The van der Waals surface area contributed by atoms with Gasteiger partial charge in [0.25, 0.3) is 0 Å². The van der Waals surface area contributed by atoms with Crippen molar-refractivity contribution < 1.29 is 4.74 Å². The Labute approximate surface area is 348 Å². The van der Waals surface area contributed by atoms with Crippen molar-refractivity contribution in [2.75, 3.05) is 0 Å². The minimum Gasteiger partial charge on any atom is -0.455 e. The molecule has 0 saturated heterocycles. The smallest absolute Gasteiger partial charge is 0.164 e. The third-order valence-electron chi connectivity index (χ3n) is 12.2. The molecule has 1 aliphatic carbocycles. The molecule has 280 valence electrons. The molecule has 9 aromatic carbocycles. The van der Waals surface area contributed by atoms with E-state index < -0.39 is 5.41 Å². The normalized spacial score (nSPS) is 12.9. The van der Waals surface area contributed by atoms with Gasteiger partial charge in [0.1, 0.15) is 11.5 Å². The lowest BCUT2D eigenvalue weighted by molar-refractivity contribution is 0.443. The lowest BCUT2D eigenvalue weighted by atomic mass is 9.65. The quantitative estimate of drug-likeness (QED) is 0.175. The van der Waals surface area contributed by atoms with Crippen molar-refractivity contribution in [3.05, 3.63) is 235 Å². The minimum atomic E-state index is -0.566. The van der Waals surface area contributed by atoms with Gasteiger partial charge < -0.3 is 4.74 Å². The molecule has 12 rings (SSSR count). The van der Waals surface area contributed by atoms with Crippen LogP contribution in [0.15, 0.2) is 212 Å². The Bertz CT molecular complexity index is 3200. The standard InChI is InChI=1S/C56H35N3O/c1-3-17-37(18-4-1)53-57-54(38-19-5-2-6-20-38)59-55(58-53)42-24-14-22-40(35-42)39-21-13-23-41(34-39)44-28-15-31-49-52(44)60-51-43-25-8-7-16-36(43)32-33-50(51)56(49)47-29-11-9-26-45(47)46-27-10-12-30-48(46)56/h1-35H. The zero-order valence-corrected chi connectivity index (χ0v) is 32.5. The summed E-state index contributed by atoms with van der Waals surface area (Å²) in [6, 6.07) is 75.0. The first kappa shape index (κ1) is 34.1. The predicted octanol–water partition coefficient (Wildman–Crippen LogP) is 13.8. The summed E-state index contributed by atoms with van der Waals surface area (Å²) < 4.78 is 7.29. The summed E-state index contributed by atoms with van der Waals surface area (Å²) in [5.41, 5.74) is 13.9. The van der Waals surface area contributed by atoms with Crippen molar-refractivity contribution >= 4 is 10.8 Å². The van der Waals surface area contributed by atoms with E-state index in [9.17, 15) is 0 Å². The van der Waals surface area contributed by atoms with Gasteiger partial charge in [-0.2, -0.15) is 0 Å². The van der Waals surface area contributed by atoms with Gasteiger partial charge in [-0.25, -0.2) is 15.0 Å². The summed E-state index contributed by atoms with van der Waals surface area (Å²) in [7, 11) is 0. The zero-order valence-electron chi connectivity index (χ0n) is 32.5. The van der Waals surface area contributed by atoms with Crippen molar-refractivity contribution in [2.45, 2.75) is 5.41 Å². The average Bonchev–Trinajstić information content (AvgIpc) is 3.62. The highest BCUT2D eigenvalue weighted by atomic mass is 16.5. The number of hydrogen-bond acceptors (Lipinski definition) is 4. The molecule has 4 nitrogen and oxygen atoms in total. The molecule has 60 heavy (non-hydrogen) atoms. The Morgan fingerprint density at radius 1 is 0.300 bits per heavy atom. The first-order valence-corrected chi connectivity index (χ1v) is 20.4. The number of fused-ring (bicyclic) bond motifs is 11. The lowest BCUT2D eigenvalue weighted by Crippen LogP contribution is -2.32. The van der Waals surface area contributed by atoms with Crippen LogP contribution in [0.1, 0.15) is 22.3 Å². The SMILES string of the molecule is c1ccc(-c2nc(-c3ccccc3)nc(-c3cccc(-c4cccc(-c5cccc6c5Oc5c(ccc7ccccc57)C65c6ccccc6-c6ccccc65)c4)c3)n2)cc1. The van der Waals surface area contributed by atoms with E-state index in [-0.39, 0.29) is 0 Å². The van der Waals surface area contributed by atoms with Gasteiger partial charge in [0.05, 0.1) is 5.41 Å². The summed E-state index contributed by atoms with van der Waals surface area (Å²) in [5.74, 6) is 3.69. The van der Waals surface area contributed by atoms with E-state index in [2.05, 4.69) is 152 Å². The van der Waals surface area contributed by atoms with Crippen LogP contribution in [0.5, 0.6) is 11.5 Å². The molecule has 1 aromatic heterocycles. The third-order valence-corrected chi connectivity index (χ3v) is 12.2. The highest BCUT2D eigenvalue weighted by Crippen LogP contribution is 2.64. The average molecular weight is 766 g/mol. The molecule has 0 N–H and O–H groups in total. The molecule has 1 spiro atoms. The van der Waals surface area contributed by atoms with Gasteiger partial charge in [0.15, 0.2) is 17.5 Å². The number of aromatic nitrogens is 3. The van der Waals surface area contributed by atoms with Gasteiger partial charge in [-0.1, -0.05) is 200 Å². The molecule has 0 saturated carbocycles. The van der Waals surface area contributed by atoms with Crippen LogP contribution >= 0.6 is 0 Å². The zero-order chi connectivity index (χ0) is 39.6. The van der Waals surface area contributed by atoms with Crippen molar-refractivity contribution in [1.82, 2.24) is 15.0 Å². The third kappa shape index (κ3) is 5.21. The number of ether oxygens (including phenoxy) is 1. The van der Waals surface area contributed by atoms with Gasteiger partial charge in [-0.3, -0.25) is 0 Å². The van der Waals surface area contributed by atoms with Gasteiger partial charge in [-0.15, -0.1) is 0 Å². The van der Waals surface area contributed by atoms with Crippen LogP contribution in [-0.2, 0) is 5.41 Å². The summed E-state index contributed by atoms with van der Waals surface area (Å²) in [6.07, 6.45) is 0. The minimum absolute atomic E-state index is 0.566. The fraction of sp³-hybridized carbons (Fsp3) is 0.0179. The maximum atomic E-state index is 7.29. The summed E-state index contributed by atoms with van der Waals surface area (Å²) in [6.45, 7) is 0. The van der Waals surface area contributed by atoms with Crippen LogP contribution in [-0.4, -0.2) is 15.0 Å². The number of nitrogens with zero attached hydrogens (tertiary/aromatic N) is 3. The number of hydrogen-bond donors (Lipinski definition) is 0. The van der Waals surface area contributed by atoms with Crippen LogP contribution in [0, 0.1) is 0 Å². The first-order chi connectivity index (χ1) is 29.7. The van der Waals surface area contributed by atoms with Crippen LogP contribution in [0.2, 0.25) is 0 Å². The molecular formula is C56H35N3O. The van der Waals surface area contributed by atoms with E-state index in [0.717, 1.165) is 72.3 Å². The fourth-order valence-corrected chi connectivity index (χ4v) is 9.52. The molecule has 0 amide bonds. The highest BCUT2D eigenvalue weighted by molar-refractivity contribution is 5.97. The van der Waals surface area contributed by atoms with Gasteiger partial charge in [-0.05, 0) is 56.5 Å². The summed E-state index contributed by atoms with van der Waals surface area (Å²) in [5, 5.41) is 2.25. The maximum Gasteiger partial charge on any atom is 0.164 e. The molecule has 4 heteroatoms. The van der Waals surface area contributed by atoms with E-state index in [1.54, 1.807) is 0 Å². The monoisotopic (exact) mass is 765 g/mol. The largest absolute Gasteiger partial charge is 0.455 e. The Kier molecular flexibility index (Phi) is 7.72. The summed E-state index contributed by atoms with van der Waals surface area (Å²) >= 11 is 0. The first-order valence-electron chi connectivity index (χ1n) is 20.4. The fourth-order valence-electron chi connectivity index (χ4n) is 9.52. The van der Waals surface area contributed by atoms with E-state index in [1.807, 2.05) is 60.7 Å². The van der Waals surface area contributed by atoms with Crippen molar-refractivity contribution in [1.29, 1.82) is 0 Å². The molecule has 2 heterocycles. The van der Waals surface area contributed by atoms with Crippen molar-refractivity contribution in [3.8, 4) is 79.0 Å². The van der Waals surface area contributed by atoms with Crippen LogP contribution in [0.4, 0.5) is 0 Å². The van der Waals surface area contributed by atoms with Crippen molar-refractivity contribution in [3.63, 3.8) is 0 Å².